The molecule has 21 heavy (non-hydrogen) atoms. The summed E-state index contributed by atoms with van der Waals surface area (Å²) in [4.78, 5) is 4.48. The molecule has 0 aliphatic heterocycles. The standard InChI is InChI=1S/C15H19FIN3O/c1-3-21-8-4-7-18-15-19-11(2)10-20(15)14-6-5-12(16)9-13(14)17/h5-6,9-10H,3-4,7-8H2,1-2H3,(H,18,19). The van der Waals surface area contributed by atoms with Gasteiger partial charge in [-0.1, -0.05) is 0 Å². The van der Waals surface area contributed by atoms with E-state index in [9.17, 15) is 4.39 Å². The summed E-state index contributed by atoms with van der Waals surface area (Å²) in [6.45, 7) is 6.19. The van der Waals surface area contributed by atoms with Crippen molar-refractivity contribution in [2.45, 2.75) is 20.3 Å². The molecule has 0 aliphatic rings. The fourth-order valence-electron chi connectivity index (χ4n) is 2.00. The van der Waals surface area contributed by atoms with Crippen LogP contribution in [-0.2, 0) is 4.74 Å². The molecule has 0 radical (unpaired) electrons. The van der Waals surface area contributed by atoms with Crippen LogP contribution in [0.5, 0.6) is 0 Å². The number of imidazole rings is 1. The van der Waals surface area contributed by atoms with Gasteiger partial charge in [0.05, 0.1) is 11.4 Å². The van der Waals surface area contributed by atoms with Crippen molar-refractivity contribution in [3.63, 3.8) is 0 Å². The van der Waals surface area contributed by atoms with Crippen molar-refractivity contribution < 1.29 is 9.13 Å². The van der Waals surface area contributed by atoms with Gasteiger partial charge in [-0.15, -0.1) is 0 Å². The fourth-order valence-corrected chi connectivity index (χ4v) is 2.74. The van der Waals surface area contributed by atoms with Crippen molar-refractivity contribution in [3.8, 4) is 5.69 Å². The second kappa shape index (κ2) is 7.74. The Morgan fingerprint density at radius 3 is 2.95 bits per heavy atom. The third-order valence-electron chi connectivity index (χ3n) is 2.95. The number of halogens is 2. The highest BCUT2D eigenvalue weighted by Gasteiger charge is 2.10. The van der Waals surface area contributed by atoms with Crippen molar-refractivity contribution >= 4 is 28.5 Å². The summed E-state index contributed by atoms with van der Waals surface area (Å²) < 4.78 is 21.3. The second-order valence-electron chi connectivity index (χ2n) is 4.65. The van der Waals surface area contributed by atoms with Crippen LogP contribution in [0.25, 0.3) is 5.69 Å². The first-order chi connectivity index (χ1) is 10.1. The summed E-state index contributed by atoms with van der Waals surface area (Å²) in [6, 6.07) is 4.75. The predicted octanol–water partition coefficient (Wildman–Crippen LogP) is 3.76. The van der Waals surface area contributed by atoms with E-state index in [1.165, 1.54) is 12.1 Å². The third kappa shape index (κ3) is 4.41. The smallest absolute Gasteiger partial charge is 0.207 e. The van der Waals surface area contributed by atoms with E-state index in [2.05, 4.69) is 32.9 Å². The summed E-state index contributed by atoms with van der Waals surface area (Å²) in [7, 11) is 0. The highest BCUT2D eigenvalue weighted by atomic mass is 127. The van der Waals surface area contributed by atoms with Crippen molar-refractivity contribution in [1.29, 1.82) is 0 Å². The van der Waals surface area contributed by atoms with E-state index in [0.29, 0.717) is 0 Å². The van der Waals surface area contributed by atoms with E-state index in [1.54, 1.807) is 6.07 Å². The van der Waals surface area contributed by atoms with E-state index >= 15 is 0 Å². The Bertz CT molecular complexity index is 601. The van der Waals surface area contributed by atoms with E-state index in [-0.39, 0.29) is 5.82 Å². The summed E-state index contributed by atoms with van der Waals surface area (Å²) in [5.74, 6) is 0.541. The first-order valence-electron chi connectivity index (χ1n) is 6.95. The number of nitrogens with zero attached hydrogens (tertiary/aromatic N) is 2. The van der Waals surface area contributed by atoms with Gasteiger partial charge in [-0.3, -0.25) is 4.57 Å². The van der Waals surface area contributed by atoms with E-state index in [0.717, 1.165) is 47.1 Å². The Hall–Kier alpha value is -1.15. The van der Waals surface area contributed by atoms with Crippen LogP contribution < -0.4 is 5.32 Å². The van der Waals surface area contributed by atoms with Crippen molar-refractivity contribution in [3.05, 3.63) is 39.5 Å². The highest BCUT2D eigenvalue weighted by molar-refractivity contribution is 14.1. The van der Waals surface area contributed by atoms with Crippen LogP contribution in [0.15, 0.2) is 24.4 Å². The molecule has 0 saturated heterocycles. The van der Waals surface area contributed by atoms with E-state index in [1.807, 2.05) is 24.6 Å². The average Bonchev–Trinajstić information content (AvgIpc) is 2.79. The summed E-state index contributed by atoms with van der Waals surface area (Å²) in [5.41, 5.74) is 1.84. The van der Waals surface area contributed by atoms with E-state index < -0.39 is 0 Å². The van der Waals surface area contributed by atoms with Crippen molar-refractivity contribution in [2.24, 2.45) is 0 Å². The lowest BCUT2D eigenvalue weighted by atomic mass is 10.3. The Kier molecular flexibility index (Phi) is 5.98. The van der Waals surface area contributed by atoms with Gasteiger partial charge in [-0.2, -0.15) is 0 Å². The normalized spacial score (nSPS) is 10.9. The monoisotopic (exact) mass is 403 g/mol. The molecule has 0 fully saturated rings. The number of aromatic nitrogens is 2. The van der Waals surface area contributed by atoms with Crippen LogP contribution in [0.2, 0.25) is 0 Å². The summed E-state index contributed by atoms with van der Waals surface area (Å²) in [5, 5.41) is 3.31. The lowest BCUT2D eigenvalue weighted by molar-refractivity contribution is 0.147. The minimum Gasteiger partial charge on any atom is -0.382 e. The van der Waals surface area contributed by atoms with Gasteiger partial charge in [0.2, 0.25) is 5.95 Å². The van der Waals surface area contributed by atoms with Gasteiger partial charge in [0.1, 0.15) is 5.82 Å². The molecule has 114 valence electrons. The number of rotatable bonds is 7. The first-order valence-corrected chi connectivity index (χ1v) is 8.02. The number of anilines is 1. The molecule has 6 heteroatoms. The second-order valence-corrected chi connectivity index (χ2v) is 5.81. The molecule has 1 N–H and O–H groups in total. The van der Waals surface area contributed by atoms with Gasteiger partial charge < -0.3 is 10.1 Å². The number of benzene rings is 1. The lowest BCUT2D eigenvalue weighted by Gasteiger charge is -2.11. The van der Waals surface area contributed by atoms with Crippen LogP contribution in [-0.4, -0.2) is 29.3 Å². The maximum atomic E-state index is 13.2. The molecule has 0 saturated carbocycles. The van der Waals surface area contributed by atoms with Crippen LogP contribution in [0.4, 0.5) is 10.3 Å². The van der Waals surface area contributed by atoms with Gasteiger partial charge in [0.25, 0.3) is 0 Å². The number of hydrogen-bond donors (Lipinski definition) is 1. The summed E-state index contributed by atoms with van der Waals surface area (Å²) in [6.07, 6.45) is 2.86. The maximum Gasteiger partial charge on any atom is 0.207 e. The van der Waals surface area contributed by atoms with Crippen LogP contribution in [0.1, 0.15) is 19.0 Å². The van der Waals surface area contributed by atoms with E-state index in [4.69, 9.17) is 4.74 Å². The average molecular weight is 403 g/mol. The Labute approximate surface area is 137 Å². The minimum absolute atomic E-state index is 0.230. The molecule has 0 bridgehead atoms. The predicted molar refractivity (Wildman–Crippen MR) is 90.6 cm³/mol. The van der Waals surface area contributed by atoms with Crippen LogP contribution in [0, 0.1) is 16.3 Å². The van der Waals surface area contributed by atoms with Gasteiger partial charge >= 0.3 is 0 Å². The molecule has 1 aromatic heterocycles. The molecule has 2 aromatic rings. The molecule has 0 unspecified atom stereocenters. The molecule has 4 nitrogen and oxygen atoms in total. The molecule has 1 aromatic carbocycles. The van der Waals surface area contributed by atoms with Gasteiger partial charge in [0.15, 0.2) is 0 Å². The topological polar surface area (TPSA) is 39.1 Å². The quantitative estimate of drug-likeness (QED) is 0.565. The number of hydrogen-bond acceptors (Lipinski definition) is 3. The molecular formula is C15H19FIN3O. The highest BCUT2D eigenvalue weighted by Crippen LogP contribution is 2.22. The number of aryl methyl sites for hydroxylation is 1. The van der Waals surface area contributed by atoms with Gasteiger partial charge in [-0.25, -0.2) is 9.37 Å². The van der Waals surface area contributed by atoms with Crippen LogP contribution in [0.3, 0.4) is 0 Å². The molecule has 1 heterocycles. The number of nitrogens with one attached hydrogen (secondary N) is 1. The van der Waals surface area contributed by atoms with Crippen molar-refractivity contribution in [2.75, 3.05) is 25.1 Å². The van der Waals surface area contributed by atoms with Crippen molar-refractivity contribution in [1.82, 2.24) is 9.55 Å². The van der Waals surface area contributed by atoms with Crippen LogP contribution >= 0.6 is 22.6 Å². The fraction of sp³-hybridized carbons (Fsp3) is 0.400. The zero-order valence-corrected chi connectivity index (χ0v) is 14.4. The zero-order chi connectivity index (χ0) is 15.2. The lowest BCUT2D eigenvalue weighted by Crippen LogP contribution is -2.10. The first kappa shape index (κ1) is 16.2. The Morgan fingerprint density at radius 1 is 1.43 bits per heavy atom. The number of ether oxygens (including phenoxy) is 1. The Balaban J connectivity index is 2.13. The SMILES string of the molecule is CCOCCCNc1nc(C)cn1-c1ccc(F)cc1I. The minimum atomic E-state index is -0.230. The molecule has 0 amide bonds. The zero-order valence-electron chi connectivity index (χ0n) is 12.2. The molecule has 0 spiro atoms. The third-order valence-corrected chi connectivity index (χ3v) is 3.81. The molecule has 2 rings (SSSR count). The van der Waals surface area contributed by atoms with Gasteiger partial charge in [0, 0.05) is 29.5 Å². The largest absolute Gasteiger partial charge is 0.382 e. The molecule has 0 atom stereocenters. The Morgan fingerprint density at radius 2 is 2.24 bits per heavy atom. The summed E-state index contributed by atoms with van der Waals surface area (Å²) >= 11 is 2.14. The molecular weight excluding hydrogens is 384 g/mol. The van der Waals surface area contributed by atoms with Gasteiger partial charge in [-0.05, 0) is 61.1 Å². The maximum absolute atomic E-state index is 13.2. The molecule has 0 aliphatic carbocycles.